The predicted molar refractivity (Wildman–Crippen MR) is 97.8 cm³/mol. The highest BCUT2D eigenvalue weighted by atomic mass is 32.2. The van der Waals surface area contributed by atoms with Crippen LogP contribution in [0.3, 0.4) is 0 Å². The lowest BCUT2D eigenvalue weighted by atomic mass is 10.1. The summed E-state index contributed by atoms with van der Waals surface area (Å²) in [6.45, 7) is 5.35. The number of rotatable bonds is 6. The molecule has 2 rings (SSSR count). The van der Waals surface area contributed by atoms with Crippen molar-refractivity contribution in [3.63, 3.8) is 0 Å². The van der Waals surface area contributed by atoms with E-state index >= 15 is 0 Å². The first kappa shape index (κ1) is 19.4. The molecule has 9 heteroatoms. The number of hydrogen-bond acceptors (Lipinski definition) is 5. The molecule has 26 heavy (non-hydrogen) atoms. The quantitative estimate of drug-likeness (QED) is 0.593. The Labute approximate surface area is 151 Å². The van der Waals surface area contributed by atoms with Gasteiger partial charge in [0.25, 0.3) is 21.6 Å². The van der Waals surface area contributed by atoms with E-state index in [9.17, 15) is 23.3 Å². The lowest BCUT2D eigenvalue weighted by molar-refractivity contribution is -0.385. The molecule has 1 amide bonds. The zero-order chi connectivity index (χ0) is 19.5. The van der Waals surface area contributed by atoms with E-state index < -0.39 is 14.9 Å². The lowest BCUT2D eigenvalue weighted by Gasteiger charge is -2.13. The molecule has 0 atom stereocenters. The molecule has 0 spiro atoms. The Morgan fingerprint density at radius 1 is 1.19 bits per heavy atom. The van der Waals surface area contributed by atoms with E-state index in [0.717, 1.165) is 0 Å². The van der Waals surface area contributed by atoms with Gasteiger partial charge in [-0.15, -0.1) is 0 Å². The summed E-state index contributed by atoms with van der Waals surface area (Å²) >= 11 is 0. The van der Waals surface area contributed by atoms with Crippen molar-refractivity contribution < 1.29 is 18.1 Å². The molecule has 0 saturated heterocycles. The van der Waals surface area contributed by atoms with Gasteiger partial charge in [0.05, 0.1) is 21.1 Å². The Balaban J connectivity index is 2.43. The minimum absolute atomic E-state index is 0.102. The molecular weight excluding hydrogens is 358 g/mol. The standard InChI is InChI=1S/C17H19N3O5S/c1-4-18-17(21)14-10-13(9-8-11(14)2)26(24,25)19-15-6-5-7-16(12(15)3)20(22)23/h5-10,19H,4H2,1-3H3,(H,18,21). The zero-order valence-corrected chi connectivity index (χ0v) is 15.4. The van der Waals surface area contributed by atoms with Crippen LogP contribution < -0.4 is 10.0 Å². The van der Waals surface area contributed by atoms with Crippen LogP contribution in [0.15, 0.2) is 41.3 Å². The van der Waals surface area contributed by atoms with E-state index in [1.54, 1.807) is 19.9 Å². The number of anilines is 1. The van der Waals surface area contributed by atoms with Crippen molar-refractivity contribution in [2.24, 2.45) is 0 Å². The van der Waals surface area contributed by atoms with Crippen LogP contribution in [-0.2, 0) is 10.0 Å². The van der Waals surface area contributed by atoms with Crippen LogP contribution in [0.1, 0.15) is 28.4 Å². The van der Waals surface area contributed by atoms with Crippen LogP contribution >= 0.6 is 0 Å². The maximum atomic E-state index is 12.7. The Morgan fingerprint density at radius 2 is 1.88 bits per heavy atom. The van der Waals surface area contributed by atoms with Crippen molar-refractivity contribution in [3.8, 4) is 0 Å². The minimum Gasteiger partial charge on any atom is -0.352 e. The van der Waals surface area contributed by atoms with Gasteiger partial charge in [-0.2, -0.15) is 0 Å². The van der Waals surface area contributed by atoms with E-state index in [-0.39, 0.29) is 33.3 Å². The summed E-state index contributed by atoms with van der Waals surface area (Å²) in [6, 6.07) is 8.35. The third-order valence-electron chi connectivity index (χ3n) is 3.85. The fourth-order valence-corrected chi connectivity index (χ4v) is 3.55. The van der Waals surface area contributed by atoms with Gasteiger partial charge < -0.3 is 5.32 Å². The third-order valence-corrected chi connectivity index (χ3v) is 5.21. The number of nitrogens with zero attached hydrogens (tertiary/aromatic N) is 1. The number of carbonyl (C=O) groups is 1. The van der Waals surface area contributed by atoms with Crippen molar-refractivity contribution >= 4 is 27.3 Å². The average Bonchev–Trinajstić information content (AvgIpc) is 2.56. The maximum Gasteiger partial charge on any atom is 0.274 e. The molecule has 2 aromatic carbocycles. The first-order valence-electron chi connectivity index (χ1n) is 7.83. The van der Waals surface area contributed by atoms with Gasteiger partial charge in [-0.25, -0.2) is 8.42 Å². The molecule has 0 saturated carbocycles. The number of hydrogen-bond donors (Lipinski definition) is 2. The summed E-state index contributed by atoms with van der Waals surface area (Å²) in [5, 5.41) is 13.6. The van der Waals surface area contributed by atoms with Crippen LogP contribution in [-0.4, -0.2) is 25.8 Å². The molecule has 0 aromatic heterocycles. The number of nitro benzene ring substituents is 1. The fraction of sp³-hybridized carbons (Fsp3) is 0.235. The average molecular weight is 377 g/mol. The summed E-state index contributed by atoms with van der Waals surface area (Å²) in [6.07, 6.45) is 0. The number of nitrogens with one attached hydrogen (secondary N) is 2. The van der Waals surface area contributed by atoms with Gasteiger partial charge in [-0.3, -0.25) is 19.6 Å². The summed E-state index contributed by atoms with van der Waals surface area (Å²) in [5.41, 5.74) is 1.03. The molecule has 138 valence electrons. The zero-order valence-electron chi connectivity index (χ0n) is 14.6. The van der Waals surface area contributed by atoms with Gasteiger partial charge in [0.15, 0.2) is 0 Å². The highest BCUT2D eigenvalue weighted by molar-refractivity contribution is 7.92. The van der Waals surface area contributed by atoms with E-state index in [2.05, 4.69) is 10.0 Å². The molecule has 0 aliphatic heterocycles. The highest BCUT2D eigenvalue weighted by Crippen LogP contribution is 2.27. The largest absolute Gasteiger partial charge is 0.352 e. The first-order chi connectivity index (χ1) is 12.2. The van der Waals surface area contributed by atoms with Crippen LogP contribution in [0.5, 0.6) is 0 Å². The number of amides is 1. The maximum absolute atomic E-state index is 12.7. The number of benzene rings is 2. The van der Waals surface area contributed by atoms with Gasteiger partial charge in [0, 0.05) is 18.2 Å². The number of nitro groups is 1. The Morgan fingerprint density at radius 3 is 2.50 bits per heavy atom. The van der Waals surface area contributed by atoms with E-state index in [1.165, 1.54) is 37.3 Å². The predicted octanol–water partition coefficient (Wildman–Crippen LogP) is 2.76. The van der Waals surface area contributed by atoms with Crippen molar-refractivity contribution in [2.45, 2.75) is 25.7 Å². The molecule has 0 unspecified atom stereocenters. The first-order valence-corrected chi connectivity index (χ1v) is 9.31. The fourth-order valence-electron chi connectivity index (χ4n) is 2.40. The normalized spacial score (nSPS) is 11.0. The SMILES string of the molecule is CCNC(=O)c1cc(S(=O)(=O)Nc2cccc([N+](=O)[O-])c2C)ccc1C. The highest BCUT2D eigenvalue weighted by Gasteiger charge is 2.21. The minimum atomic E-state index is -4.02. The van der Waals surface area contributed by atoms with E-state index in [0.29, 0.717) is 12.1 Å². The van der Waals surface area contributed by atoms with Crippen molar-refractivity contribution in [1.29, 1.82) is 0 Å². The number of sulfonamides is 1. The molecular formula is C17H19N3O5S. The summed E-state index contributed by atoms with van der Waals surface area (Å²) < 4.78 is 27.7. The lowest BCUT2D eigenvalue weighted by Crippen LogP contribution is -2.24. The van der Waals surface area contributed by atoms with Crippen LogP contribution in [0.2, 0.25) is 0 Å². The van der Waals surface area contributed by atoms with Crippen molar-refractivity contribution in [2.75, 3.05) is 11.3 Å². The summed E-state index contributed by atoms with van der Waals surface area (Å²) in [7, 11) is -4.02. The molecule has 0 aliphatic rings. The third kappa shape index (κ3) is 3.99. The molecule has 8 nitrogen and oxygen atoms in total. The summed E-state index contributed by atoms with van der Waals surface area (Å²) in [5.74, 6) is -0.367. The number of carbonyl (C=O) groups excluding carboxylic acids is 1. The van der Waals surface area contributed by atoms with Gasteiger partial charge >= 0.3 is 0 Å². The molecule has 2 N–H and O–H groups in total. The second-order valence-electron chi connectivity index (χ2n) is 5.65. The van der Waals surface area contributed by atoms with Gasteiger partial charge in [-0.1, -0.05) is 12.1 Å². The monoisotopic (exact) mass is 377 g/mol. The molecule has 0 bridgehead atoms. The second-order valence-corrected chi connectivity index (χ2v) is 7.33. The van der Waals surface area contributed by atoms with Crippen LogP contribution in [0.4, 0.5) is 11.4 Å². The van der Waals surface area contributed by atoms with E-state index in [4.69, 9.17) is 0 Å². The molecule has 0 radical (unpaired) electrons. The smallest absolute Gasteiger partial charge is 0.274 e. The topological polar surface area (TPSA) is 118 Å². The van der Waals surface area contributed by atoms with Gasteiger partial charge in [-0.05, 0) is 44.5 Å². The molecule has 0 aliphatic carbocycles. The van der Waals surface area contributed by atoms with Crippen molar-refractivity contribution in [1.82, 2.24) is 5.32 Å². The van der Waals surface area contributed by atoms with Crippen molar-refractivity contribution in [3.05, 3.63) is 63.2 Å². The number of aryl methyl sites for hydroxylation is 1. The summed E-state index contributed by atoms with van der Waals surface area (Å²) in [4.78, 5) is 22.4. The van der Waals surface area contributed by atoms with E-state index in [1.807, 2.05) is 0 Å². The Kier molecular flexibility index (Phi) is 5.61. The Bertz CT molecular complexity index is 970. The van der Waals surface area contributed by atoms with Gasteiger partial charge in [0.2, 0.25) is 0 Å². The van der Waals surface area contributed by atoms with Gasteiger partial charge in [0.1, 0.15) is 0 Å². The molecule has 0 fully saturated rings. The molecule has 0 heterocycles. The Hall–Kier alpha value is -2.94. The van der Waals surface area contributed by atoms with Crippen LogP contribution in [0.25, 0.3) is 0 Å². The van der Waals surface area contributed by atoms with Crippen LogP contribution in [0, 0.1) is 24.0 Å². The molecule has 2 aromatic rings. The second kappa shape index (κ2) is 7.52.